The van der Waals surface area contributed by atoms with Gasteiger partial charge in [0.05, 0.1) is 11.9 Å². The Kier molecular flexibility index (Phi) is 5.22. The van der Waals surface area contributed by atoms with Crippen LogP contribution in [0.4, 0.5) is 4.39 Å². The minimum Gasteiger partial charge on any atom is -0.486 e. The molecule has 0 bridgehead atoms. The Bertz CT molecular complexity index is 784. The molecular weight excluding hydrogens is 327 g/mol. The van der Waals surface area contributed by atoms with Gasteiger partial charge in [0.15, 0.2) is 0 Å². The molecule has 0 aliphatic carbocycles. The summed E-state index contributed by atoms with van der Waals surface area (Å²) in [6, 6.07) is 6.00. The minimum atomic E-state index is -0.268. The Labute approximate surface area is 144 Å². The van der Waals surface area contributed by atoms with Crippen molar-refractivity contribution >= 4 is 11.3 Å². The Morgan fingerprint density at radius 1 is 1.25 bits per heavy atom. The van der Waals surface area contributed by atoms with Gasteiger partial charge < -0.3 is 4.74 Å². The van der Waals surface area contributed by atoms with Crippen molar-refractivity contribution in [1.29, 1.82) is 0 Å². The molecule has 0 saturated carbocycles. The number of thiazole rings is 1. The van der Waals surface area contributed by atoms with Gasteiger partial charge in [-0.15, -0.1) is 11.3 Å². The van der Waals surface area contributed by atoms with Gasteiger partial charge in [0.1, 0.15) is 23.2 Å². The average Bonchev–Trinajstić information content (AvgIpc) is 3.16. The fourth-order valence-electron chi connectivity index (χ4n) is 2.36. The second kappa shape index (κ2) is 7.55. The zero-order chi connectivity index (χ0) is 16.9. The van der Waals surface area contributed by atoms with Crippen molar-refractivity contribution < 1.29 is 9.13 Å². The van der Waals surface area contributed by atoms with Gasteiger partial charge in [0.25, 0.3) is 0 Å². The number of aromatic nitrogens is 3. The van der Waals surface area contributed by atoms with Gasteiger partial charge in [-0.1, -0.05) is 0 Å². The molecule has 1 aromatic carbocycles. The molecule has 0 radical (unpaired) electrons. The number of halogens is 1. The van der Waals surface area contributed by atoms with E-state index in [1.54, 1.807) is 28.2 Å². The van der Waals surface area contributed by atoms with Gasteiger partial charge in [-0.05, 0) is 31.3 Å². The van der Waals surface area contributed by atoms with Gasteiger partial charge in [0.2, 0.25) is 0 Å². The number of hydrogen-bond donors (Lipinski definition) is 0. The van der Waals surface area contributed by atoms with Crippen LogP contribution in [-0.4, -0.2) is 26.7 Å². The molecular formula is C17H19FN4OS. The molecule has 24 heavy (non-hydrogen) atoms. The van der Waals surface area contributed by atoms with E-state index in [1.807, 2.05) is 24.8 Å². The Hall–Kier alpha value is -2.25. The SMILES string of the molecule is CN(Cc1cnn(C)c1)Cc1csc(COc2ccc(F)cc2)n1. The third-order valence-corrected chi connectivity index (χ3v) is 4.29. The maximum Gasteiger partial charge on any atom is 0.140 e. The predicted octanol–water partition coefficient (Wildman–Crippen LogP) is 3.23. The molecule has 5 nitrogen and oxygen atoms in total. The molecule has 0 amide bonds. The summed E-state index contributed by atoms with van der Waals surface area (Å²) in [5.41, 5.74) is 2.19. The van der Waals surface area contributed by atoms with Crippen molar-refractivity contribution in [2.24, 2.45) is 7.05 Å². The predicted molar refractivity (Wildman–Crippen MR) is 91.2 cm³/mol. The molecule has 0 spiro atoms. The van der Waals surface area contributed by atoms with Crippen molar-refractivity contribution in [3.8, 4) is 5.75 Å². The van der Waals surface area contributed by atoms with Crippen LogP contribution in [0.25, 0.3) is 0 Å². The first kappa shape index (κ1) is 16.6. The van der Waals surface area contributed by atoms with E-state index in [9.17, 15) is 4.39 Å². The van der Waals surface area contributed by atoms with Crippen molar-refractivity contribution in [2.75, 3.05) is 7.05 Å². The summed E-state index contributed by atoms with van der Waals surface area (Å²) in [5, 5.41) is 7.13. The first-order valence-corrected chi connectivity index (χ1v) is 8.44. The van der Waals surface area contributed by atoms with Gasteiger partial charge in [-0.2, -0.15) is 5.10 Å². The van der Waals surface area contributed by atoms with E-state index in [2.05, 4.69) is 22.0 Å². The lowest BCUT2D eigenvalue weighted by atomic mass is 10.3. The third-order valence-electron chi connectivity index (χ3n) is 3.42. The molecule has 0 aliphatic heterocycles. The summed E-state index contributed by atoms with van der Waals surface area (Å²) >= 11 is 1.57. The summed E-state index contributed by atoms with van der Waals surface area (Å²) in [6.07, 6.45) is 3.89. The molecule has 3 aromatic rings. The maximum atomic E-state index is 12.9. The lowest BCUT2D eigenvalue weighted by molar-refractivity contribution is 0.300. The fraction of sp³-hybridized carbons (Fsp3) is 0.294. The Morgan fingerprint density at radius 2 is 2.04 bits per heavy atom. The third kappa shape index (κ3) is 4.62. The summed E-state index contributed by atoms with van der Waals surface area (Å²) in [7, 11) is 3.97. The summed E-state index contributed by atoms with van der Waals surface area (Å²) in [6.45, 7) is 1.98. The van der Waals surface area contributed by atoms with Crippen LogP contribution in [-0.2, 0) is 26.7 Å². The molecule has 7 heteroatoms. The zero-order valence-corrected chi connectivity index (χ0v) is 14.5. The van der Waals surface area contributed by atoms with Gasteiger partial charge >= 0.3 is 0 Å². The lowest BCUT2D eigenvalue weighted by Crippen LogP contribution is -2.17. The standard InChI is InChI=1S/C17H19FN4OS/c1-21(8-13-7-19-22(2)9-13)10-15-12-24-17(20-15)11-23-16-5-3-14(18)4-6-16/h3-7,9,12H,8,10-11H2,1-2H3. The zero-order valence-electron chi connectivity index (χ0n) is 13.6. The second-order valence-corrected chi connectivity index (χ2v) is 6.61. The van der Waals surface area contributed by atoms with E-state index >= 15 is 0 Å². The quantitative estimate of drug-likeness (QED) is 0.659. The number of ether oxygens (including phenoxy) is 1. The van der Waals surface area contributed by atoms with Crippen LogP contribution in [0, 0.1) is 5.82 Å². The Morgan fingerprint density at radius 3 is 2.75 bits per heavy atom. The smallest absolute Gasteiger partial charge is 0.140 e. The van der Waals surface area contributed by atoms with E-state index in [-0.39, 0.29) is 5.82 Å². The number of aryl methyl sites for hydroxylation is 1. The topological polar surface area (TPSA) is 43.2 Å². The molecule has 0 atom stereocenters. The molecule has 0 saturated heterocycles. The summed E-state index contributed by atoms with van der Waals surface area (Å²) in [4.78, 5) is 6.78. The lowest BCUT2D eigenvalue weighted by Gasteiger charge is -2.13. The highest BCUT2D eigenvalue weighted by Crippen LogP contribution is 2.17. The minimum absolute atomic E-state index is 0.268. The maximum absolute atomic E-state index is 12.9. The number of rotatable bonds is 7. The van der Waals surface area contributed by atoms with Crippen molar-refractivity contribution in [3.63, 3.8) is 0 Å². The Balaban J connectivity index is 1.50. The van der Waals surface area contributed by atoms with E-state index in [1.165, 1.54) is 17.7 Å². The number of hydrogen-bond acceptors (Lipinski definition) is 5. The monoisotopic (exact) mass is 346 g/mol. The van der Waals surface area contributed by atoms with Gasteiger partial charge in [0, 0.05) is 37.3 Å². The van der Waals surface area contributed by atoms with Crippen LogP contribution in [0.1, 0.15) is 16.3 Å². The van der Waals surface area contributed by atoms with Crippen LogP contribution in [0.3, 0.4) is 0 Å². The normalized spacial score (nSPS) is 11.2. The first-order valence-electron chi connectivity index (χ1n) is 7.56. The van der Waals surface area contributed by atoms with E-state index in [0.29, 0.717) is 12.4 Å². The van der Waals surface area contributed by atoms with Crippen LogP contribution in [0.15, 0.2) is 42.0 Å². The molecule has 2 aromatic heterocycles. The molecule has 0 aliphatic rings. The average molecular weight is 346 g/mol. The highest BCUT2D eigenvalue weighted by atomic mass is 32.1. The van der Waals surface area contributed by atoms with Crippen molar-refractivity contribution in [3.05, 3.63) is 64.1 Å². The van der Waals surface area contributed by atoms with Gasteiger partial charge in [-0.3, -0.25) is 9.58 Å². The molecule has 0 unspecified atom stereocenters. The van der Waals surface area contributed by atoms with Crippen LogP contribution >= 0.6 is 11.3 Å². The van der Waals surface area contributed by atoms with Crippen LogP contribution < -0.4 is 4.74 Å². The number of benzene rings is 1. The molecule has 0 N–H and O–H groups in total. The van der Waals surface area contributed by atoms with Gasteiger partial charge in [-0.25, -0.2) is 9.37 Å². The molecule has 0 fully saturated rings. The van der Waals surface area contributed by atoms with E-state index in [0.717, 1.165) is 23.8 Å². The van der Waals surface area contributed by atoms with Crippen molar-refractivity contribution in [1.82, 2.24) is 19.7 Å². The summed E-state index contributed by atoms with van der Waals surface area (Å²) in [5.74, 6) is 0.373. The largest absolute Gasteiger partial charge is 0.486 e. The van der Waals surface area contributed by atoms with E-state index < -0.39 is 0 Å². The highest BCUT2D eigenvalue weighted by molar-refractivity contribution is 7.09. The van der Waals surface area contributed by atoms with Crippen molar-refractivity contribution in [2.45, 2.75) is 19.7 Å². The second-order valence-electron chi connectivity index (χ2n) is 5.67. The summed E-state index contributed by atoms with van der Waals surface area (Å²) < 4.78 is 20.3. The molecule has 2 heterocycles. The van der Waals surface area contributed by atoms with E-state index in [4.69, 9.17) is 4.74 Å². The fourth-order valence-corrected chi connectivity index (χ4v) is 3.06. The van der Waals surface area contributed by atoms with Crippen LogP contribution in [0.2, 0.25) is 0 Å². The molecule has 3 rings (SSSR count). The van der Waals surface area contributed by atoms with Crippen LogP contribution in [0.5, 0.6) is 5.75 Å². The first-order chi connectivity index (χ1) is 11.6. The number of nitrogens with zero attached hydrogens (tertiary/aromatic N) is 4. The molecule has 126 valence electrons. The highest BCUT2D eigenvalue weighted by Gasteiger charge is 2.08.